The number of rotatable bonds is 7. The minimum atomic E-state index is -3.68. The highest BCUT2D eigenvalue weighted by Gasteiger charge is 2.27. The van der Waals surface area contributed by atoms with Crippen LogP contribution in [0.2, 0.25) is 5.02 Å². The zero-order chi connectivity index (χ0) is 27.0. The lowest BCUT2D eigenvalue weighted by molar-refractivity contribution is -0.129. The minimum Gasteiger partial charge on any atom is -0.375 e. The van der Waals surface area contributed by atoms with E-state index in [1.54, 1.807) is 52.3 Å². The molecule has 2 amide bonds. The van der Waals surface area contributed by atoms with E-state index in [-0.39, 0.29) is 30.9 Å². The van der Waals surface area contributed by atoms with Crippen LogP contribution in [0.4, 0.5) is 5.69 Å². The van der Waals surface area contributed by atoms with Crippen molar-refractivity contribution in [2.75, 3.05) is 50.5 Å². The van der Waals surface area contributed by atoms with E-state index >= 15 is 0 Å². The summed E-state index contributed by atoms with van der Waals surface area (Å²) in [5.41, 5.74) is 1.98. The van der Waals surface area contributed by atoms with Crippen LogP contribution in [0.1, 0.15) is 31.4 Å². The van der Waals surface area contributed by atoms with E-state index in [2.05, 4.69) is 18.7 Å². The van der Waals surface area contributed by atoms with Gasteiger partial charge < -0.3 is 14.5 Å². The van der Waals surface area contributed by atoms with E-state index in [0.717, 1.165) is 18.5 Å². The highest BCUT2D eigenvalue weighted by atomic mass is 35.5. The highest BCUT2D eigenvalue weighted by Crippen LogP contribution is 2.28. The third kappa shape index (κ3) is 8.53. The molecule has 2 aromatic carbocycles. The van der Waals surface area contributed by atoms with Gasteiger partial charge >= 0.3 is 0 Å². The second-order valence-electron chi connectivity index (χ2n) is 9.57. The molecule has 0 aliphatic carbocycles. The maximum Gasteiger partial charge on any atom is 0.252 e. The molecule has 10 heteroatoms. The molecule has 202 valence electrons. The Labute approximate surface area is 225 Å². The summed E-state index contributed by atoms with van der Waals surface area (Å²) in [5, 5.41) is 0.468. The first-order valence-corrected chi connectivity index (χ1v) is 14.6. The van der Waals surface area contributed by atoms with Gasteiger partial charge in [0.05, 0.1) is 11.4 Å². The van der Waals surface area contributed by atoms with E-state index in [0.29, 0.717) is 35.9 Å². The van der Waals surface area contributed by atoms with Crippen LogP contribution in [-0.4, -0.2) is 81.7 Å². The van der Waals surface area contributed by atoms with Gasteiger partial charge in [0.25, 0.3) is 5.91 Å². The van der Waals surface area contributed by atoms with Gasteiger partial charge in [-0.15, -0.1) is 0 Å². The van der Waals surface area contributed by atoms with Crippen LogP contribution in [0.25, 0.3) is 0 Å². The fraction of sp³-hybridized carbons (Fsp3) is 0.481. The standard InChI is InChI=1S/C27H36ClN3O5S/c1-21(2)29-12-7-13-31(26(32)18-36-3)25-16-24(28)11-10-23(25)17-30(15-14-29)27(33)20-37(34,35)19-22-8-5-4-6-9-22/h4-6,8-11,16,21H,7,12-15,17-20H2,1-3H3. The van der Waals surface area contributed by atoms with E-state index in [1.165, 1.54) is 7.11 Å². The molecule has 1 aliphatic rings. The summed E-state index contributed by atoms with van der Waals surface area (Å²) in [6, 6.07) is 14.3. The zero-order valence-electron chi connectivity index (χ0n) is 21.7. The monoisotopic (exact) mass is 549 g/mol. The molecular formula is C27H36ClN3O5S. The summed E-state index contributed by atoms with van der Waals surface area (Å²) in [7, 11) is -2.21. The number of methoxy groups -OCH3 is 1. The van der Waals surface area contributed by atoms with Crippen molar-refractivity contribution in [3.63, 3.8) is 0 Å². The van der Waals surface area contributed by atoms with Crippen molar-refractivity contribution in [3.05, 3.63) is 64.7 Å². The van der Waals surface area contributed by atoms with Gasteiger partial charge in [-0.2, -0.15) is 0 Å². The number of nitrogens with zero attached hydrogens (tertiary/aromatic N) is 3. The van der Waals surface area contributed by atoms with E-state index < -0.39 is 21.5 Å². The Morgan fingerprint density at radius 1 is 1.00 bits per heavy atom. The van der Waals surface area contributed by atoms with Gasteiger partial charge in [0, 0.05) is 50.9 Å². The van der Waals surface area contributed by atoms with Crippen molar-refractivity contribution in [3.8, 4) is 0 Å². The SMILES string of the molecule is COCC(=O)N1CCCN(C(C)C)CCN(C(=O)CS(=O)(=O)Cc2ccccc2)Cc2ccc(Cl)cc21. The predicted octanol–water partition coefficient (Wildman–Crippen LogP) is 3.38. The summed E-state index contributed by atoms with van der Waals surface area (Å²) in [6.45, 7) is 6.39. The molecule has 2 aromatic rings. The number of amides is 2. The summed E-state index contributed by atoms with van der Waals surface area (Å²) in [6.07, 6.45) is 0.721. The van der Waals surface area contributed by atoms with Gasteiger partial charge in [-0.3, -0.25) is 14.5 Å². The number of carbonyl (C=O) groups excluding carboxylic acids is 2. The Bertz CT molecular complexity index is 1170. The summed E-state index contributed by atoms with van der Waals surface area (Å²) in [5.74, 6) is -1.45. The molecule has 0 spiro atoms. The first-order chi connectivity index (χ1) is 17.6. The van der Waals surface area contributed by atoms with Crippen molar-refractivity contribution in [2.45, 2.75) is 38.6 Å². The van der Waals surface area contributed by atoms with Crippen molar-refractivity contribution in [2.24, 2.45) is 0 Å². The molecule has 1 aliphatic heterocycles. The van der Waals surface area contributed by atoms with Crippen molar-refractivity contribution >= 4 is 38.9 Å². The third-order valence-electron chi connectivity index (χ3n) is 6.41. The van der Waals surface area contributed by atoms with Crippen LogP contribution in [0.5, 0.6) is 0 Å². The van der Waals surface area contributed by atoms with Crippen LogP contribution in [0.3, 0.4) is 0 Å². The number of anilines is 1. The molecule has 0 saturated carbocycles. The lowest BCUT2D eigenvalue weighted by Gasteiger charge is -2.30. The summed E-state index contributed by atoms with van der Waals surface area (Å²) >= 11 is 6.31. The Kier molecular flexibility index (Phi) is 10.5. The smallest absolute Gasteiger partial charge is 0.252 e. The number of carbonyl (C=O) groups is 2. The van der Waals surface area contributed by atoms with Crippen LogP contribution in [0, 0.1) is 0 Å². The number of ether oxygens (including phenoxy) is 1. The van der Waals surface area contributed by atoms with E-state index in [4.69, 9.17) is 16.3 Å². The number of sulfone groups is 1. The third-order valence-corrected chi connectivity index (χ3v) is 8.10. The van der Waals surface area contributed by atoms with Crippen LogP contribution in [0.15, 0.2) is 48.5 Å². The second kappa shape index (κ2) is 13.4. The molecular weight excluding hydrogens is 514 g/mol. The quantitative estimate of drug-likeness (QED) is 0.526. The van der Waals surface area contributed by atoms with Crippen LogP contribution in [-0.2, 0) is 36.5 Å². The molecule has 0 N–H and O–H groups in total. The van der Waals surface area contributed by atoms with Crippen molar-refractivity contribution in [1.82, 2.24) is 9.80 Å². The van der Waals surface area contributed by atoms with Gasteiger partial charge in [-0.25, -0.2) is 8.42 Å². The molecule has 37 heavy (non-hydrogen) atoms. The normalized spacial score (nSPS) is 15.8. The maximum absolute atomic E-state index is 13.4. The number of hydrogen-bond donors (Lipinski definition) is 0. The number of hydrogen-bond acceptors (Lipinski definition) is 6. The fourth-order valence-electron chi connectivity index (χ4n) is 4.47. The van der Waals surface area contributed by atoms with Crippen molar-refractivity contribution in [1.29, 1.82) is 0 Å². The highest BCUT2D eigenvalue weighted by molar-refractivity contribution is 7.91. The van der Waals surface area contributed by atoms with Gasteiger partial charge in [0.1, 0.15) is 12.4 Å². The molecule has 0 atom stereocenters. The molecule has 0 bridgehead atoms. The molecule has 0 aromatic heterocycles. The Hall–Kier alpha value is -2.46. The lowest BCUT2D eigenvalue weighted by atomic mass is 10.1. The fourth-order valence-corrected chi connectivity index (χ4v) is 6.00. The molecule has 0 fully saturated rings. The average molecular weight is 550 g/mol. The van der Waals surface area contributed by atoms with Gasteiger partial charge in [-0.1, -0.05) is 48.0 Å². The first kappa shape index (κ1) is 29.1. The van der Waals surface area contributed by atoms with Crippen LogP contribution < -0.4 is 4.90 Å². The molecule has 0 saturated heterocycles. The Morgan fingerprint density at radius 3 is 2.41 bits per heavy atom. The van der Waals surface area contributed by atoms with Gasteiger partial charge in [0.15, 0.2) is 9.84 Å². The molecule has 8 nitrogen and oxygen atoms in total. The van der Waals surface area contributed by atoms with E-state index in [1.807, 2.05) is 6.07 Å². The molecule has 1 heterocycles. The average Bonchev–Trinajstić information content (AvgIpc) is 2.86. The van der Waals surface area contributed by atoms with Gasteiger partial charge in [0.2, 0.25) is 5.91 Å². The maximum atomic E-state index is 13.4. The number of fused-ring (bicyclic) bond motifs is 1. The minimum absolute atomic E-state index is 0.0831. The van der Waals surface area contributed by atoms with Crippen molar-refractivity contribution < 1.29 is 22.7 Å². The number of benzene rings is 2. The lowest BCUT2D eigenvalue weighted by Crippen LogP contribution is -2.43. The number of halogens is 1. The molecule has 0 radical (unpaired) electrons. The zero-order valence-corrected chi connectivity index (χ0v) is 23.3. The second-order valence-corrected chi connectivity index (χ2v) is 12.1. The Morgan fingerprint density at radius 2 is 1.73 bits per heavy atom. The van der Waals surface area contributed by atoms with Gasteiger partial charge in [-0.05, 0) is 43.5 Å². The first-order valence-electron chi connectivity index (χ1n) is 12.4. The molecule has 3 rings (SSSR count). The molecule has 0 unspecified atom stereocenters. The Balaban J connectivity index is 1.93. The largest absolute Gasteiger partial charge is 0.375 e. The van der Waals surface area contributed by atoms with Crippen LogP contribution >= 0.6 is 11.6 Å². The van der Waals surface area contributed by atoms with E-state index in [9.17, 15) is 18.0 Å². The topological polar surface area (TPSA) is 87.2 Å². The summed E-state index contributed by atoms with van der Waals surface area (Å²) in [4.78, 5) is 31.9. The summed E-state index contributed by atoms with van der Waals surface area (Å²) < 4.78 is 30.9. The predicted molar refractivity (Wildman–Crippen MR) is 146 cm³/mol.